The maximum atomic E-state index is 12.5. The van der Waals surface area contributed by atoms with Crippen LogP contribution in [0.15, 0.2) is 10.9 Å². The van der Waals surface area contributed by atoms with Crippen LogP contribution in [-0.4, -0.2) is 48.4 Å². The van der Waals surface area contributed by atoms with Gasteiger partial charge in [0.2, 0.25) is 0 Å². The van der Waals surface area contributed by atoms with E-state index in [-0.39, 0.29) is 41.6 Å². The summed E-state index contributed by atoms with van der Waals surface area (Å²) in [6.07, 6.45) is 0.716. The predicted molar refractivity (Wildman–Crippen MR) is 80.4 cm³/mol. The quantitative estimate of drug-likeness (QED) is 0.777. The average Bonchev–Trinajstić information content (AvgIpc) is 2.43. The summed E-state index contributed by atoms with van der Waals surface area (Å²) in [6.45, 7) is 4.13. The van der Waals surface area contributed by atoms with Crippen molar-refractivity contribution < 1.29 is 13.2 Å². The Morgan fingerprint density at radius 1 is 1.29 bits per heavy atom. The van der Waals surface area contributed by atoms with Crippen LogP contribution < -0.4 is 5.56 Å². The van der Waals surface area contributed by atoms with Gasteiger partial charge in [-0.1, -0.05) is 6.92 Å². The summed E-state index contributed by atoms with van der Waals surface area (Å²) in [5.41, 5.74) is 1.59. The van der Waals surface area contributed by atoms with Gasteiger partial charge in [-0.15, -0.1) is 0 Å². The van der Waals surface area contributed by atoms with E-state index in [0.29, 0.717) is 6.42 Å². The minimum Gasteiger partial charge on any atom is -0.336 e. The van der Waals surface area contributed by atoms with Gasteiger partial charge in [0.1, 0.15) is 5.56 Å². The molecule has 1 amide bonds. The topological polar surface area (TPSA) is 76.5 Å². The van der Waals surface area contributed by atoms with Crippen molar-refractivity contribution in [1.29, 1.82) is 0 Å². The van der Waals surface area contributed by atoms with E-state index < -0.39 is 9.84 Å². The van der Waals surface area contributed by atoms with Crippen molar-refractivity contribution in [1.82, 2.24) is 9.47 Å². The van der Waals surface area contributed by atoms with Crippen LogP contribution in [0.3, 0.4) is 0 Å². The van der Waals surface area contributed by atoms with Crippen LogP contribution in [-0.2, 0) is 23.3 Å². The Labute approximate surface area is 124 Å². The predicted octanol–water partition coefficient (Wildman–Crippen LogP) is 0.127. The standard InChI is InChI=1S/C14H20N2O4S/c1-4-12-10(2)9-11(13(17)15(12)3)14(18)16-5-7-21(19,20)8-6-16/h9H,4-8H2,1-3H3. The van der Waals surface area contributed by atoms with E-state index >= 15 is 0 Å². The zero-order valence-corrected chi connectivity index (χ0v) is 13.4. The zero-order valence-electron chi connectivity index (χ0n) is 12.5. The van der Waals surface area contributed by atoms with Crippen LogP contribution in [0.4, 0.5) is 0 Å². The van der Waals surface area contributed by atoms with Crippen LogP contribution >= 0.6 is 0 Å². The van der Waals surface area contributed by atoms with Gasteiger partial charge < -0.3 is 9.47 Å². The lowest BCUT2D eigenvalue weighted by molar-refractivity contribution is 0.0767. The summed E-state index contributed by atoms with van der Waals surface area (Å²) < 4.78 is 24.3. The Kier molecular flexibility index (Phi) is 4.22. The molecule has 0 N–H and O–H groups in total. The van der Waals surface area contributed by atoms with Gasteiger partial charge in [-0.2, -0.15) is 0 Å². The van der Waals surface area contributed by atoms with Gasteiger partial charge in [-0.3, -0.25) is 9.59 Å². The van der Waals surface area contributed by atoms with E-state index in [4.69, 9.17) is 0 Å². The van der Waals surface area contributed by atoms with Gasteiger partial charge >= 0.3 is 0 Å². The smallest absolute Gasteiger partial charge is 0.263 e. The lowest BCUT2D eigenvalue weighted by Crippen LogP contribution is -2.45. The number of aromatic nitrogens is 1. The lowest BCUT2D eigenvalue weighted by Gasteiger charge is -2.27. The number of carbonyl (C=O) groups is 1. The number of pyridine rings is 1. The normalized spacial score (nSPS) is 17.8. The lowest BCUT2D eigenvalue weighted by atomic mass is 10.1. The van der Waals surface area contributed by atoms with E-state index in [1.54, 1.807) is 13.1 Å². The van der Waals surface area contributed by atoms with Crippen LogP contribution in [0.2, 0.25) is 0 Å². The minimum absolute atomic E-state index is 0.0366. The van der Waals surface area contributed by atoms with E-state index in [2.05, 4.69) is 0 Å². The maximum absolute atomic E-state index is 12.5. The van der Waals surface area contributed by atoms with Gasteiger partial charge in [0.25, 0.3) is 11.5 Å². The Morgan fingerprint density at radius 2 is 1.86 bits per heavy atom. The van der Waals surface area contributed by atoms with Crippen molar-refractivity contribution in [2.24, 2.45) is 7.05 Å². The number of carbonyl (C=O) groups excluding carboxylic acids is 1. The van der Waals surface area contributed by atoms with Crippen LogP contribution in [0.25, 0.3) is 0 Å². The van der Waals surface area contributed by atoms with E-state index in [0.717, 1.165) is 11.3 Å². The number of rotatable bonds is 2. The first-order chi connectivity index (χ1) is 9.76. The monoisotopic (exact) mass is 312 g/mol. The number of hydrogen-bond donors (Lipinski definition) is 0. The van der Waals surface area contributed by atoms with Crippen LogP contribution in [0.1, 0.15) is 28.5 Å². The molecule has 21 heavy (non-hydrogen) atoms. The van der Waals surface area contributed by atoms with Gasteiger partial charge in [-0.25, -0.2) is 8.42 Å². The van der Waals surface area contributed by atoms with E-state index in [1.165, 1.54) is 9.47 Å². The summed E-state index contributed by atoms with van der Waals surface area (Å²) in [6, 6.07) is 1.62. The third-order valence-electron chi connectivity index (χ3n) is 3.95. The Balaban J connectivity index is 2.35. The molecule has 6 nitrogen and oxygen atoms in total. The van der Waals surface area contributed by atoms with Gasteiger partial charge in [-0.05, 0) is 25.0 Å². The van der Waals surface area contributed by atoms with Crippen molar-refractivity contribution >= 4 is 15.7 Å². The molecule has 116 valence electrons. The average molecular weight is 312 g/mol. The van der Waals surface area contributed by atoms with E-state index in [1.807, 2.05) is 13.8 Å². The van der Waals surface area contributed by atoms with Crippen LogP contribution in [0, 0.1) is 6.92 Å². The van der Waals surface area contributed by atoms with Crippen molar-refractivity contribution in [3.05, 3.63) is 33.2 Å². The molecule has 0 aliphatic carbocycles. The largest absolute Gasteiger partial charge is 0.336 e. The van der Waals surface area contributed by atoms with Crippen molar-refractivity contribution in [2.75, 3.05) is 24.6 Å². The fourth-order valence-electron chi connectivity index (χ4n) is 2.68. The molecule has 0 bridgehead atoms. The number of sulfone groups is 1. The van der Waals surface area contributed by atoms with Gasteiger partial charge in [0.15, 0.2) is 9.84 Å². The molecule has 0 atom stereocenters. The highest BCUT2D eigenvalue weighted by Gasteiger charge is 2.27. The fraction of sp³-hybridized carbons (Fsp3) is 0.571. The summed E-state index contributed by atoms with van der Waals surface area (Å²) in [5.74, 6) is -0.452. The summed E-state index contributed by atoms with van der Waals surface area (Å²) >= 11 is 0. The Hall–Kier alpha value is -1.63. The minimum atomic E-state index is -3.05. The second kappa shape index (κ2) is 5.63. The Bertz CT molecular complexity index is 720. The van der Waals surface area contributed by atoms with Crippen LogP contribution in [0.5, 0.6) is 0 Å². The fourth-order valence-corrected chi connectivity index (χ4v) is 3.89. The molecular formula is C14H20N2O4S. The molecular weight excluding hydrogens is 292 g/mol. The van der Waals surface area contributed by atoms with Crippen molar-refractivity contribution in [3.63, 3.8) is 0 Å². The third-order valence-corrected chi connectivity index (χ3v) is 5.56. The van der Waals surface area contributed by atoms with Crippen molar-refractivity contribution in [2.45, 2.75) is 20.3 Å². The number of aryl methyl sites for hydroxylation is 1. The first-order valence-corrected chi connectivity index (χ1v) is 8.78. The molecule has 7 heteroatoms. The highest BCUT2D eigenvalue weighted by Crippen LogP contribution is 2.12. The molecule has 1 aliphatic rings. The molecule has 1 aliphatic heterocycles. The van der Waals surface area contributed by atoms with Gasteiger partial charge in [0.05, 0.1) is 11.5 Å². The van der Waals surface area contributed by atoms with Gasteiger partial charge in [0, 0.05) is 25.8 Å². The zero-order chi connectivity index (χ0) is 15.8. The highest BCUT2D eigenvalue weighted by atomic mass is 32.2. The third kappa shape index (κ3) is 3.02. The molecule has 1 saturated heterocycles. The van der Waals surface area contributed by atoms with Crippen molar-refractivity contribution in [3.8, 4) is 0 Å². The first kappa shape index (κ1) is 15.8. The maximum Gasteiger partial charge on any atom is 0.263 e. The molecule has 2 heterocycles. The second-order valence-corrected chi connectivity index (χ2v) is 7.65. The molecule has 0 aromatic carbocycles. The first-order valence-electron chi connectivity index (χ1n) is 6.96. The Morgan fingerprint density at radius 3 is 2.38 bits per heavy atom. The summed E-state index contributed by atoms with van der Waals surface area (Å²) in [5, 5.41) is 0. The number of amides is 1. The molecule has 0 saturated carbocycles. The summed E-state index contributed by atoms with van der Waals surface area (Å²) in [7, 11) is -1.39. The van der Waals surface area contributed by atoms with E-state index in [9.17, 15) is 18.0 Å². The molecule has 2 rings (SSSR count). The highest BCUT2D eigenvalue weighted by molar-refractivity contribution is 7.91. The second-order valence-electron chi connectivity index (χ2n) is 5.35. The number of hydrogen-bond acceptors (Lipinski definition) is 4. The molecule has 0 radical (unpaired) electrons. The molecule has 1 fully saturated rings. The molecule has 0 unspecified atom stereocenters. The molecule has 1 aromatic heterocycles. The number of nitrogens with zero attached hydrogens (tertiary/aromatic N) is 2. The molecule has 1 aromatic rings. The SMILES string of the molecule is CCc1c(C)cc(C(=O)N2CCS(=O)(=O)CC2)c(=O)n1C. The molecule has 0 spiro atoms. The summed E-state index contributed by atoms with van der Waals surface area (Å²) in [4.78, 5) is 26.2.